The first-order valence-corrected chi connectivity index (χ1v) is 4.55. The molecule has 0 radical (unpaired) electrons. The monoisotopic (exact) mass is 221 g/mol. The topological polar surface area (TPSA) is 69.4 Å². The Kier molecular flexibility index (Phi) is 3.77. The van der Waals surface area contributed by atoms with Gasteiger partial charge in [0.25, 0.3) is 0 Å². The first-order chi connectivity index (χ1) is 7.54. The molecule has 0 unspecified atom stereocenters. The predicted molar refractivity (Wildman–Crippen MR) is 58.6 cm³/mol. The molecule has 16 heavy (non-hydrogen) atoms. The number of rotatable bonds is 4. The smallest absolute Gasteiger partial charge is 0.312 e. The Morgan fingerprint density at radius 2 is 1.94 bits per heavy atom. The highest BCUT2D eigenvalue weighted by molar-refractivity contribution is 5.95. The zero-order chi connectivity index (χ0) is 12.1. The maximum atomic E-state index is 11.0. The van der Waals surface area contributed by atoms with Gasteiger partial charge in [0.15, 0.2) is 0 Å². The summed E-state index contributed by atoms with van der Waals surface area (Å²) in [6.45, 7) is 1.16. The van der Waals surface area contributed by atoms with Gasteiger partial charge in [-0.15, -0.1) is 0 Å². The number of ether oxygens (including phenoxy) is 1. The average molecular weight is 221 g/mol. The van der Waals surface area contributed by atoms with Gasteiger partial charge < -0.3 is 4.74 Å². The minimum Gasteiger partial charge on any atom is -0.497 e. The Morgan fingerprint density at radius 1 is 1.38 bits per heavy atom. The summed E-state index contributed by atoms with van der Waals surface area (Å²) in [7, 11) is 1.53. The molecule has 0 saturated heterocycles. The molecule has 0 N–H and O–H groups in total. The number of carbonyl (C=O) groups is 1. The normalized spacial score (nSPS) is 11.0. The van der Waals surface area contributed by atoms with E-state index in [1.54, 1.807) is 24.3 Å². The van der Waals surface area contributed by atoms with E-state index < -0.39 is 16.4 Å². The van der Waals surface area contributed by atoms with Crippen LogP contribution in [-0.4, -0.2) is 17.8 Å². The van der Waals surface area contributed by atoms with E-state index in [0.717, 1.165) is 6.92 Å². The molecule has 0 saturated carbocycles. The molecule has 0 bridgehead atoms. The third-order valence-electron chi connectivity index (χ3n) is 1.98. The van der Waals surface area contributed by atoms with Gasteiger partial charge in [0.2, 0.25) is 5.78 Å². The van der Waals surface area contributed by atoms with Gasteiger partial charge in [-0.25, -0.2) is 0 Å². The van der Waals surface area contributed by atoms with E-state index in [1.807, 2.05) is 0 Å². The lowest BCUT2D eigenvalue weighted by Gasteiger charge is -1.99. The minimum absolute atomic E-state index is 0.426. The fourth-order valence-electron chi connectivity index (χ4n) is 1.14. The molecule has 0 aliphatic heterocycles. The standard InChI is InChI=1S/C11H11NO4/c1-8(13)11(12(14)15)7-9-3-5-10(16-2)6-4-9/h3-7H,1-2H3/b11-7+. The van der Waals surface area contributed by atoms with E-state index in [1.165, 1.54) is 13.2 Å². The summed E-state index contributed by atoms with van der Waals surface area (Å²) in [4.78, 5) is 20.9. The lowest BCUT2D eigenvalue weighted by atomic mass is 10.1. The maximum absolute atomic E-state index is 11.0. The van der Waals surface area contributed by atoms with Crippen molar-refractivity contribution >= 4 is 11.9 Å². The Morgan fingerprint density at radius 3 is 2.31 bits per heavy atom. The molecule has 0 atom stereocenters. The Labute approximate surface area is 92.5 Å². The van der Waals surface area contributed by atoms with Crippen molar-refractivity contribution in [2.75, 3.05) is 7.11 Å². The molecular weight excluding hydrogens is 210 g/mol. The van der Waals surface area contributed by atoms with Crippen LogP contribution in [0.5, 0.6) is 5.75 Å². The van der Waals surface area contributed by atoms with Crippen LogP contribution in [0.1, 0.15) is 12.5 Å². The number of nitrogens with zero attached hydrogens (tertiary/aromatic N) is 1. The fraction of sp³-hybridized carbons (Fsp3) is 0.182. The van der Waals surface area contributed by atoms with Crippen LogP contribution in [0.4, 0.5) is 0 Å². The highest BCUT2D eigenvalue weighted by Gasteiger charge is 2.16. The van der Waals surface area contributed by atoms with Crippen LogP contribution in [0.25, 0.3) is 6.08 Å². The van der Waals surface area contributed by atoms with Gasteiger partial charge in [-0.2, -0.15) is 0 Å². The van der Waals surface area contributed by atoms with E-state index in [0.29, 0.717) is 11.3 Å². The largest absolute Gasteiger partial charge is 0.497 e. The highest BCUT2D eigenvalue weighted by atomic mass is 16.6. The predicted octanol–water partition coefficient (Wildman–Crippen LogP) is 1.90. The van der Waals surface area contributed by atoms with Gasteiger partial charge in [-0.3, -0.25) is 14.9 Å². The van der Waals surface area contributed by atoms with Crippen molar-refractivity contribution in [1.82, 2.24) is 0 Å². The quantitative estimate of drug-likeness (QED) is 0.442. The van der Waals surface area contributed by atoms with E-state index in [9.17, 15) is 14.9 Å². The maximum Gasteiger partial charge on any atom is 0.312 e. The van der Waals surface area contributed by atoms with E-state index in [2.05, 4.69) is 0 Å². The molecule has 0 heterocycles. The third-order valence-corrected chi connectivity index (χ3v) is 1.98. The molecule has 0 aliphatic carbocycles. The van der Waals surface area contributed by atoms with Crippen LogP contribution in [0.3, 0.4) is 0 Å². The lowest BCUT2D eigenvalue weighted by molar-refractivity contribution is -0.417. The van der Waals surface area contributed by atoms with Crippen molar-refractivity contribution in [3.05, 3.63) is 45.6 Å². The number of allylic oxidation sites excluding steroid dienone is 1. The molecule has 0 fully saturated rings. The summed E-state index contributed by atoms with van der Waals surface area (Å²) in [5, 5.41) is 10.6. The van der Waals surface area contributed by atoms with Crippen molar-refractivity contribution in [2.45, 2.75) is 6.92 Å². The van der Waals surface area contributed by atoms with Gasteiger partial charge in [-0.1, -0.05) is 12.1 Å². The lowest BCUT2D eigenvalue weighted by Crippen LogP contribution is -2.07. The van der Waals surface area contributed by atoms with Crippen molar-refractivity contribution in [3.8, 4) is 5.75 Å². The highest BCUT2D eigenvalue weighted by Crippen LogP contribution is 2.14. The Bertz CT molecular complexity index is 418. The number of ketones is 1. The zero-order valence-corrected chi connectivity index (χ0v) is 8.97. The van der Waals surface area contributed by atoms with Crippen molar-refractivity contribution in [2.24, 2.45) is 0 Å². The fourth-order valence-corrected chi connectivity index (χ4v) is 1.14. The van der Waals surface area contributed by atoms with Gasteiger partial charge in [0, 0.05) is 13.0 Å². The van der Waals surface area contributed by atoms with E-state index in [-0.39, 0.29) is 0 Å². The Balaban J connectivity index is 3.04. The zero-order valence-electron chi connectivity index (χ0n) is 8.97. The first kappa shape index (κ1) is 11.9. The molecular formula is C11H11NO4. The number of carbonyl (C=O) groups excluding carboxylic acids is 1. The molecule has 84 valence electrons. The Hall–Kier alpha value is -2.17. The summed E-state index contributed by atoms with van der Waals surface area (Å²) in [5.74, 6) is 0.0865. The molecule has 1 aromatic rings. The molecule has 0 amide bonds. The SMILES string of the molecule is COc1ccc(/C=C(\C(C)=O)[N+](=O)[O-])cc1. The summed E-state index contributed by atoms with van der Waals surface area (Å²) in [6.07, 6.45) is 1.24. The van der Waals surface area contributed by atoms with Crippen LogP contribution in [0.15, 0.2) is 30.0 Å². The van der Waals surface area contributed by atoms with E-state index >= 15 is 0 Å². The summed E-state index contributed by atoms with van der Waals surface area (Å²) in [6, 6.07) is 6.63. The van der Waals surface area contributed by atoms with Gasteiger partial charge in [0.1, 0.15) is 5.75 Å². The van der Waals surface area contributed by atoms with Gasteiger partial charge in [0.05, 0.1) is 12.0 Å². The number of hydrogen-bond donors (Lipinski definition) is 0. The van der Waals surface area contributed by atoms with E-state index in [4.69, 9.17) is 4.74 Å². The van der Waals surface area contributed by atoms with Crippen LogP contribution in [0.2, 0.25) is 0 Å². The summed E-state index contributed by atoms with van der Waals surface area (Å²) >= 11 is 0. The number of Topliss-reactive ketones (excluding diaryl/α,β-unsaturated/α-hetero) is 1. The number of methoxy groups -OCH3 is 1. The van der Waals surface area contributed by atoms with Crippen molar-refractivity contribution < 1.29 is 14.5 Å². The van der Waals surface area contributed by atoms with Crippen molar-refractivity contribution in [3.63, 3.8) is 0 Å². The third kappa shape index (κ3) is 2.91. The second-order valence-corrected chi connectivity index (χ2v) is 3.12. The molecule has 1 aromatic carbocycles. The molecule has 0 aliphatic rings. The summed E-state index contributed by atoms with van der Waals surface area (Å²) in [5.41, 5.74) is 0.160. The average Bonchev–Trinajstić information content (AvgIpc) is 2.25. The molecule has 0 spiro atoms. The molecule has 5 heteroatoms. The number of nitro groups is 1. The second kappa shape index (κ2) is 5.06. The molecule has 0 aromatic heterocycles. The summed E-state index contributed by atoms with van der Waals surface area (Å²) < 4.78 is 4.95. The minimum atomic E-state index is -0.688. The van der Waals surface area contributed by atoms with Gasteiger partial charge >= 0.3 is 5.70 Å². The van der Waals surface area contributed by atoms with Crippen LogP contribution < -0.4 is 4.74 Å². The van der Waals surface area contributed by atoms with Crippen LogP contribution in [0, 0.1) is 10.1 Å². The van der Waals surface area contributed by atoms with Crippen molar-refractivity contribution in [1.29, 1.82) is 0 Å². The van der Waals surface area contributed by atoms with Crippen LogP contribution >= 0.6 is 0 Å². The first-order valence-electron chi connectivity index (χ1n) is 4.55. The van der Waals surface area contributed by atoms with Crippen LogP contribution in [-0.2, 0) is 4.79 Å². The number of benzene rings is 1. The molecule has 5 nitrogen and oxygen atoms in total. The molecule has 1 rings (SSSR count). The van der Waals surface area contributed by atoms with Gasteiger partial charge in [-0.05, 0) is 17.7 Å². The number of hydrogen-bond acceptors (Lipinski definition) is 4. The second-order valence-electron chi connectivity index (χ2n) is 3.12.